The maximum atomic E-state index is 13.0. The second-order valence-electron chi connectivity index (χ2n) is 7.02. The highest BCUT2D eigenvalue weighted by Gasteiger charge is 2.18. The van der Waals surface area contributed by atoms with Crippen molar-refractivity contribution in [1.29, 1.82) is 0 Å². The number of para-hydroxylation sites is 2. The van der Waals surface area contributed by atoms with Crippen LogP contribution in [0.25, 0.3) is 0 Å². The van der Waals surface area contributed by atoms with E-state index in [0.717, 1.165) is 30.8 Å². The number of pyridine rings is 1. The zero-order chi connectivity index (χ0) is 20.6. The molecular weight excluding hydrogens is 396 g/mol. The molecule has 30 heavy (non-hydrogen) atoms. The molecule has 3 aromatic rings. The first kappa shape index (κ1) is 20.4. The Morgan fingerprint density at radius 2 is 1.90 bits per heavy atom. The van der Waals surface area contributed by atoms with Gasteiger partial charge in [-0.15, -0.1) is 0 Å². The predicted molar refractivity (Wildman–Crippen MR) is 118 cm³/mol. The molecule has 1 N–H and O–H groups in total. The number of rotatable bonds is 7. The number of ether oxygens (including phenoxy) is 2. The van der Waals surface area contributed by atoms with E-state index in [2.05, 4.69) is 10.3 Å². The quantitative estimate of drug-likeness (QED) is 0.552. The van der Waals surface area contributed by atoms with Crippen LogP contribution in [-0.4, -0.2) is 30.2 Å². The SMILES string of the molecule is O=C(Nc1ccccc1OCC1CCCCO1)c1cccnc1Sc1ccccc1. The van der Waals surface area contributed by atoms with Crippen molar-refractivity contribution >= 4 is 23.4 Å². The van der Waals surface area contributed by atoms with Crippen LogP contribution in [0.2, 0.25) is 0 Å². The molecule has 1 aliphatic rings. The zero-order valence-electron chi connectivity index (χ0n) is 16.6. The van der Waals surface area contributed by atoms with Gasteiger partial charge < -0.3 is 14.8 Å². The summed E-state index contributed by atoms with van der Waals surface area (Å²) in [6.07, 6.45) is 5.08. The van der Waals surface area contributed by atoms with E-state index in [1.165, 1.54) is 11.8 Å². The monoisotopic (exact) mass is 420 g/mol. The molecule has 0 radical (unpaired) electrons. The van der Waals surface area contributed by atoms with Gasteiger partial charge in [0.15, 0.2) is 0 Å². The number of benzene rings is 2. The Kier molecular flexibility index (Phi) is 7.00. The summed E-state index contributed by atoms with van der Waals surface area (Å²) < 4.78 is 11.7. The van der Waals surface area contributed by atoms with Gasteiger partial charge in [-0.1, -0.05) is 42.1 Å². The van der Waals surface area contributed by atoms with E-state index in [1.54, 1.807) is 18.3 Å². The number of nitrogens with one attached hydrogen (secondary N) is 1. The van der Waals surface area contributed by atoms with E-state index in [4.69, 9.17) is 9.47 Å². The second-order valence-corrected chi connectivity index (χ2v) is 8.08. The Bertz CT molecular complexity index is 975. The molecule has 154 valence electrons. The topological polar surface area (TPSA) is 60.5 Å². The third-order valence-corrected chi connectivity index (χ3v) is 5.83. The van der Waals surface area contributed by atoms with Gasteiger partial charge in [-0.3, -0.25) is 4.79 Å². The molecular formula is C24H24N2O3S. The van der Waals surface area contributed by atoms with Crippen molar-refractivity contribution in [2.45, 2.75) is 35.3 Å². The summed E-state index contributed by atoms with van der Waals surface area (Å²) in [5, 5.41) is 3.64. The Labute approximate surface area is 180 Å². The van der Waals surface area contributed by atoms with Crippen LogP contribution < -0.4 is 10.1 Å². The summed E-state index contributed by atoms with van der Waals surface area (Å²) >= 11 is 1.47. The molecule has 1 atom stereocenters. The number of aromatic nitrogens is 1. The van der Waals surface area contributed by atoms with Crippen LogP contribution in [-0.2, 0) is 4.74 Å². The molecule has 0 aliphatic carbocycles. The van der Waals surface area contributed by atoms with Gasteiger partial charge in [-0.25, -0.2) is 4.98 Å². The lowest BCUT2D eigenvalue weighted by Crippen LogP contribution is -2.26. The van der Waals surface area contributed by atoms with Crippen molar-refractivity contribution in [2.75, 3.05) is 18.5 Å². The maximum absolute atomic E-state index is 13.0. The number of carbonyl (C=O) groups excluding carboxylic acids is 1. The molecule has 4 rings (SSSR count). The third-order valence-electron chi connectivity index (χ3n) is 4.81. The van der Waals surface area contributed by atoms with Gasteiger partial charge in [0.25, 0.3) is 5.91 Å². The largest absolute Gasteiger partial charge is 0.489 e. The minimum absolute atomic E-state index is 0.106. The minimum Gasteiger partial charge on any atom is -0.489 e. The number of carbonyl (C=O) groups is 1. The summed E-state index contributed by atoms with van der Waals surface area (Å²) in [7, 11) is 0. The van der Waals surface area contributed by atoms with Crippen LogP contribution in [0.5, 0.6) is 5.75 Å². The number of nitrogens with zero attached hydrogens (tertiary/aromatic N) is 1. The van der Waals surface area contributed by atoms with Crippen molar-refractivity contribution in [1.82, 2.24) is 4.98 Å². The second kappa shape index (κ2) is 10.3. The normalized spacial score (nSPS) is 16.1. The van der Waals surface area contributed by atoms with Crippen LogP contribution in [0.1, 0.15) is 29.6 Å². The molecule has 1 unspecified atom stereocenters. The van der Waals surface area contributed by atoms with Gasteiger partial charge in [0.05, 0.1) is 17.4 Å². The standard InChI is InChI=1S/C24H24N2O3S/c27-23(20-12-8-15-25-24(20)30-19-10-2-1-3-11-19)26-21-13-4-5-14-22(21)29-17-18-9-6-7-16-28-18/h1-5,8,10-15,18H,6-7,9,16-17H2,(H,26,27). The van der Waals surface area contributed by atoms with Crippen molar-refractivity contribution in [3.63, 3.8) is 0 Å². The summed E-state index contributed by atoms with van der Waals surface area (Å²) in [5.74, 6) is 0.424. The van der Waals surface area contributed by atoms with Crippen LogP contribution in [0, 0.1) is 0 Å². The first-order valence-corrected chi connectivity index (χ1v) is 10.9. The van der Waals surface area contributed by atoms with Crippen molar-refractivity contribution in [2.24, 2.45) is 0 Å². The van der Waals surface area contributed by atoms with E-state index >= 15 is 0 Å². The smallest absolute Gasteiger partial charge is 0.258 e. The maximum Gasteiger partial charge on any atom is 0.258 e. The molecule has 1 fully saturated rings. The molecule has 0 spiro atoms. The first-order valence-electron chi connectivity index (χ1n) is 10.1. The summed E-state index contributed by atoms with van der Waals surface area (Å²) in [4.78, 5) is 18.5. The van der Waals surface area contributed by atoms with Crippen molar-refractivity contribution in [3.8, 4) is 5.75 Å². The van der Waals surface area contributed by atoms with Gasteiger partial charge in [0.2, 0.25) is 0 Å². The highest BCUT2D eigenvalue weighted by Crippen LogP contribution is 2.30. The van der Waals surface area contributed by atoms with Crippen LogP contribution in [0.3, 0.4) is 0 Å². The molecule has 0 bridgehead atoms. The molecule has 1 aliphatic heterocycles. The molecule has 5 nitrogen and oxygen atoms in total. The fourth-order valence-corrected chi connectivity index (χ4v) is 4.15. The minimum atomic E-state index is -0.216. The van der Waals surface area contributed by atoms with Gasteiger partial charge in [0.1, 0.15) is 17.4 Å². The molecule has 2 aromatic carbocycles. The number of hydrogen-bond acceptors (Lipinski definition) is 5. The van der Waals surface area contributed by atoms with Gasteiger partial charge in [-0.05, 0) is 55.7 Å². The molecule has 0 saturated carbocycles. The summed E-state index contributed by atoms with van der Waals surface area (Å²) in [5.41, 5.74) is 1.16. The van der Waals surface area contributed by atoms with E-state index < -0.39 is 0 Å². The van der Waals surface area contributed by atoms with Crippen LogP contribution in [0.15, 0.2) is 82.8 Å². The molecule has 2 heterocycles. The number of hydrogen-bond donors (Lipinski definition) is 1. The van der Waals surface area contributed by atoms with Gasteiger partial charge >= 0.3 is 0 Å². The number of amides is 1. The molecule has 1 amide bonds. The molecule has 1 aromatic heterocycles. The van der Waals surface area contributed by atoms with E-state index in [1.807, 2.05) is 54.6 Å². The fourth-order valence-electron chi connectivity index (χ4n) is 3.25. The lowest BCUT2D eigenvalue weighted by Gasteiger charge is -2.23. The Morgan fingerprint density at radius 3 is 2.73 bits per heavy atom. The van der Waals surface area contributed by atoms with Crippen molar-refractivity contribution in [3.05, 3.63) is 78.5 Å². The number of anilines is 1. The predicted octanol–water partition coefficient (Wildman–Crippen LogP) is 5.43. The average molecular weight is 421 g/mol. The zero-order valence-corrected chi connectivity index (χ0v) is 17.4. The Morgan fingerprint density at radius 1 is 1.07 bits per heavy atom. The summed E-state index contributed by atoms with van der Waals surface area (Å²) in [6.45, 7) is 1.27. The van der Waals surface area contributed by atoms with Gasteiger partial charge in [0, 0.05) is 17.7 Å². The Hall–Kier alpha value is -2.83. The van der Waals surface area contributed by atoms with E-state index in [0.29, 0.717) is 28.6 Å². The third kappa shape index (κ3) is 5.40. The van der Waals surface area contributed by atoms with Crippen molar-refractivity contribution < 1.29 is 14.3 Å². The van der Waals surface area contributed by atoms with Crippen LogP contribution in [0.4, 0.5) is 5.69 Å². The first-order chi connectivity index (χ1) is 14.8. The lowest BCUT2D eigenvalue weighted by atomic mass is 10.1. The fraction of sp³-hybridized carbons (Fsp3) is 0.250. The highest BCUT2D eigenvalue weighted by atomic mass is 32.2. The lowest BCUT2D eigenvalue weighted by molar-refractivity contribution is -0.0109. The summed E-state index contributed by atoms with van der Waals surface area (Å²) in [6, 6.07) is 20.9. The van der Waals surface area contributed by atoms with Gasteiger partial charge in [-0.2, -0.15) is 0 Å². The van der Waals surface area contributed by atoms with E-state index in [9.17, 15) is 4.79 Å². The Balaban J connectivity index is 1.47. The molecule has 6 heteroatoms. The van der Waals surface area contributed by atoms with Crippen LogP contribution >= 0.6 is 11.8 Å². The highest BCUT2D eigenvalue weighted by molar-refractivity contribution is 7.99. The average Bonchev–Trinajstić information content (AvgIpc) is 2.80. The molecule has 1 saturated heterocycles. The van der Waals surface area contributed by atoms with E-state index in [-0.39, 0.29) is 12.0 Å².